The smallest absolute Gasteiger partial charge is 0.174 e. The van der Waals surface area contributed by atoms with Gasteiger partial charge in [-0.25, -0.2) is 13.4 Å². The van der Waals surface area contributed by atoms with Crippen LogP contribution in [0.5, 0.6) is 0 Å². The Hall–Kier alpha value is -0.360. The molecule has 0 aliphatic rings. The summed E-state index contributed by atoms with van der Waals surface area (Å²) in [5.41, 5.74) is 0.615. The molecule has 0 saturated heterocycles. The monoisotopic (exact) mass is 252 g/mol. The van der Waals surface area contributed by atoms with Crippen LogP contribution in [-0.2, 0) is 15.6 Å². The van der Waals surface area contributed by atoms with Crippen molar-refractivity contribution in [3.8, 4) is 0 Å². The van der Waals surface area contributed by atoms with Crippen molar-refractivity contribution in [2.45, 2.75) is 12.7 Å². The van der Waals surface area contributed by atoms with E-state index in [1.54, 1.807) is 6.92 Å². The van der Waals surface area contributed by atoms with Gasteiger partial charge in [-0.1, -0.05) is 6.92 Å². The van der Waals surface area contributed by atoms with Gasteiger partial charge in [-0.15, -0.1) is 0 Å². The number of aromatic amines is 1. The molecule has 4 nitrogen and oxygen atoms in total. The molecule has 0 bridgehead atoms. The van der Waals surface area contributed by atoms with E-state index in [0.29, 0.717) is 10.4 Å². The molecule has 1 N–H and O–H groups in total. The van der Waals surface area contributed by atoms with Gasteiger partial charge in [-0.2, -0.15) is 0 Å². The minimum Gasteiger partial charge on any atom is -0.336 e. The van der Waals surface area contributed by atoms with Crippen LogP contribution in [0.1, 0.15) is 12.6 Å². The first-order chi connectivity index (χ1) is 5.53. The van der Waals surface area contributed by atoms with Crippen molar-refractivity contribution >= 4 is 25.8 Å². The molecule has 12 heavy (non-hydrogen) atoms. The number of H-pyrrole nitrogens is 1. The summed E-state index contributed by atoms with van der Waals surface area (Å²) in [7, 11) is -2.95. The molecule has 0 aliphatic heterocycles. The van der Waals surface area contributed by atoms with Crippen molar-refractivity contribution in [2.24, 2.45) is 0 Å². The summed E-state index contributed by atoms with van der Waals surface area (Å²) >= 11 is 3.10. The molecule has 0 atom stereocenters. The predicted octanol–water partition coefficient (Wildman–Crippen LogP) is 1.11. The molecule has 68 valence electrons. The average Bonchev–Trinajstić information content (AvgIpc) is 2.35. The Morgan fingerprint density at radius 3 is 2.75 bits per heavy atom. The van der Waals surface area contributed by atoms with Gasteiger partial charge in [-0.3, -0.25) is 0 Å². The Morgan fingerprint density at radius 1 is 1.67 bits per heavy atom. The van der Waals surface area contributed by atoms with Crippen LogP contribution < -0.4 is 0 Å². The van der Waals surface area contributed by atoms with Crippen molar-refractivity contribution in [3.05, 3.63) is 16.6 Å². The van der Waals surface area contributed by atoms with Crippen molar-refractivity contribution in [1.29, 1.82) is 0 Å². The summed E-state index contributed by atoms with van der Waals surface area (Å²) < 4.78 is 22.8. The second-order valence-corrected chi connectivity index (χ2v) is 5.48. The fourth-order valence-electron chi connectivity index (χ4n) is 0.744. The summed E-state index contributed by atoms with van der Waals surface area (Å²) in [6.07, 6.45) is 1.51. The highest BCUT2D eigenvalue weighted by atomic mass is 79.9. The normalized spacial score (nSPS) is 11.8. The Balaban J connectivity index is 2.77. The molecule has 0 fully saturated rings. The van der Waals surface area contributed by atoms with Crippen LogP contribution in [0.2, 0.25) is 0 Å². The maximum atomic E-state index is 11.1. The van der Waals surface area contributed by atoms with Crippen molar-refractivity contribution < 1.29 is 8.42 Å². The minimum atomic E-state index is -2.95. The lowest BCUT2D eigenvalue weighted by molar-refractivity contribution is 0.596. The van der Waals surface area contributed by atoms with Crippen LogP contribution in [0.25, 0.3) is 0 Å². The molecule has 6 heteroatoms. The molecule has 1 aromatic rings. The first-order valence-electron chi connectivity index (χ1n) is 3.43. The third-order valence-electron chi connectivity index (χ3n) is 1.41. The van der Waals surface area contributed by atoms with Crippen LogP contribution in [0, 0.1) is 0 Å². The molecule has 0 unspecified atom stereocenters. The zero-order valence-corrected chi connectivity index (χ0v) is 8.94. The zero-order chi connectivity index (χ0) is 9.19. The molecule has 1 rings (SSSR count). The molecule has 0 aliphatic carbocycles. The highest BCUT2D eigenvalue weighted by molar-refractivity contribution is 9.10. The average molecular weight is 253 g/mol. The number of nitrogens with one attached hydrogen (secondary N) is 1. The summed E-state index contributed by atoms with van der Waals surface area (Å²) in [5.74, 6) is 0.186. The van der Waals surface area contributed by atoms with Gasteiger partial charge in [0.25, 0.3) is 0 Å². The molecular formula is C6H9BrN2O2S. The SMILES string of the molecule is CCS(=O)(=O)Cc1cnc(Br)[nH]1. The lowest BCUT2D eigenvalue weighted by Crippen LogP contribution is -2.06. The Kier molecular flexibility index (Phi) is 2.89. The molecule has 1 heterocycles. The van der Waals surface area contributed by atoms with E-state index in [4.69, 9.17) is 0 Å². The Morgan fingerprint density at radius 2 is 2.33 bits per heavy atom. The number of sulfone groups is 1. The number of imidazole rings is 1. The highest BCUT2D eigenvalue weighted by Crippen LogP contribution is 2.07. The van der Waals surface area contributed by atoms with E-state index >= 15 is 0 Å². The van der Waals surface area contributed by atoms with Crippen LogP contribution in [0.15, 0.2) is 10.9 Å². The van der Waals surface area contributed by atoms with E-state index in [0.717, 1.165) is 0 Å². The summed E-state index contributed by atoms with van der Waals surface area (Å²) in [4.78, 5) is 6.62. The van der Waals surface area contributed by atoms with E-state index in [1.807, 2.05) is 0 Å². The number of rotatable bonds is 3. The van der Waals surface area contributed by atoms with Crippen LogP contribution in [-0.4, -0.2) is 24.1 Å². The summed E-state index contributed by atoms with van der Waals surface area (Å²) in [5, 5.41) is 0. The number of hydrogen-bond acceptors (Lipinski definition) is 3. The Labute approximate surface area is 79.4 Å². The minimum absolute atomic E-state index is 0.0299. The van der Waals surface area contributed by atoms with Gasteiger partial charge >= 0.3 is 0 Å². The number of hydrogen-bond donors (Lipinski definition) is 1. The van der Waals surface area contributed by atoms with Crippen molar-refractivity contribution in [2.75, 3.05) is 5.75 Å². The van der Waals surface area contributed by atoms with Crippen molar-refractivity contribution in [3.63, 3.8) is 0 Å². The molecule has 0 aromatic carbocycles. The standard InChI is InChI=1S/C6H9BrN2O2S/c1-2-12(10,11)4-5-3-8-6(7)9-5/h3H,2,4H2,1H3,(H,8,9). The third kappa shape index (κ3) is 2.60. The lowest BCUT2D eigenvalue weighted by atomic mass is 10.6. The van der Waals surface area contributed by atoms with Gasteiger partial charge in [-0.05, 0) is 15.9 Å². The quantitative estimate of drug-likeness (QED) is 0.877. The lowest BCUT2D eigenvalue weighted by Gasteiger charge is -1.96. The maximum absolute atomic E-state index is 11.1. The van der Waals surface area contributed by atoms with Gasteiger partial charge < -0.3 is 4.98 Å². The number of nitrogens with zero attached hydrogens (tertiary/aromatic N) is 1. The van der Waals surface area contributed by atoms with Gasteiger partial charge in [0.1, 0.15) is 0 Å². The largest absolute Gasteiger partial charge is 0.336 e. The van der Waals surface area contributed by atoms with E-state index in [2.05, 4.69) is 25.9 Å². The van der Waals surface area contributed by atoms with Gasteiger partial charge in [0.15, 0.2) is 14.6 Å². The van der Waals surface area contributed by atoms with Crippen LogP contribution in [0.3, 0.4) is 0 Å². The van der Waals surface area contributed by atoms with Crippen LogP contribution >= 0.6 is 15.9 Å². The molecule has 0 radical (unpaired) electrons. The molecule has 0 spiro atoms. The summed E-state index contributed by atoms with van der Waals surface area (Å²) in [6, 6.07) is 0. The van der Waals surface area contributed by atoms with E-state index in [1.165, 1.54) is 6.20 Å². The second kappa shape index (κ2) is 3.57. The first-order valence-corrected chi connectivity index (χ1v) is 6.05. The molecule has 0 amide bonds. The van der Waals surface area contributed by atoms with E-state index in [-0.39, 0.29) is 11.5 Å². The highest BCUT2D eigenvalue weighted by Gasteiger charge is 2.10. The fraction of sp³-hybridized carbons (Fsp3) is 0.500. The molecule has 1 aromatic heterocycles. The van der Waals surface area contributed by atoms with E-state index in [9.17, 15) is 8.42 Å². The molecule has 0 saturated carbocycles. The molecular weight excluding hydrogens is 244 g/mol. The second-order valence-electron chi connectivity index (χ2n) is 2.38. The summed E-state index contributed by atoms with van der Waals surface area (Å²) in [6.45, 7) is 1.63. The zero-order valence-electron chi connectivity index (χ0n) is 6.54. The van der Waals surface area contributed by atoms with Gasteiger partial charge in [0.2, 0.25) is 0 Å². The maximum Gasteiger partial charge on any atom is 0.174 e. The van der Waals surface area contributed by atoms with Gasteiger partial charge in [0.05, 0.1) is 17.6 Å². The topological polar surface area (TPSA) is 62.8 Å². The first kappa shape index (κ1) is 9.73. The van der Waals surface area contributed by atoms with E-state index < -0.39 is 9.84 Å². The number of aromatic nitrogens is 2. The fourth-order valence-corrected chi connectivity index (χ4v) is 1.93. The number of halogens is 1. The Bertz CT molecular complexity index is 357. The third-order valence-corrected chi connectivity index (χ3v) is 3.45. The van der Waals surface area contributed by atoms with Crippen molar-refractivity contribution in [1.82, 2.24) is 9.97 Å². The van der Waals surface area contributed by atoms with Gasteiger partial charge in [0, 0.05) is 5.75 Å². The predicted molar refractivity (Wildman–Crippen MR) is 49.5 cm³/mol. The van der Waals surface area contributed by atoms with Crippen LogP contribution in [0.4, 0.5) is 0 Å².